The van der Waals surface area contributed by atoms with E-state index < -0.39 is 0 Å². The highest BCUT2D eigenvalue weighted by atomic mass is 32.1. The predicted octanol–water partition coefficient (Wildman–Crippen LogP) is 3.27. The number of aromatic nitrogens is 3. The van der Waals surface area contributed by atoms with Crippen LogP contribution in [0.1, 0.15) is 71.4 Å². The van der Waals surface area contributed by atoms with Crippen LogP contribution in [0.5, 0.6) is 0 Å². The minimum absolute atomic E-state index is 0.137. The summed E-state index contributed by atoms with van der Waals surface area (Å²) < 4.78 is 10.9. The molecular formula is C16H19N3O3S. The number of esters is 1. The third-order valence-corrected chi connectivity index (χ3v) is 5.35. The first kappa shape index (κ1) is 14.8. The zero-order chi connectivity index (χ0) is 15.8. The summed E-state index contributed by atoms with van der Waals surface area (Å²) in [5, 5.41) is 5.00. The molecule has 1 fully saturated rings. The van der Waals surface area contributed by atoms with Gasteiger partial charge in [-0.3, -0.25) is 4.79 Å². The van der Waals surface area contributed by atoms with Crippen molar-refractivity contribution in [3.05, 3.63) is 27.3 Å². The lowest BCUT2D eigenvalue weighted by Gasteiger charge is -2.21. The summed E-state index contributed by atoms with van der Waals surface area (Å²) in [6.07, 6.45) is 5.74. The molecule has 2 heterocycles. The molecule has 122 valence electrons. The van der Waals surface area contributed by atoms with Gasteiger partial charge in [-0.2, -0.15) is 4.98 Å². The van der Waals surface area contributed by atoms with Gasteiger partial charge in [-0.05, 0) is 39.0 Å². The minimum Gasteiger partial charge on any atom is -0.457 e. The third-order valence-electron chi connectivity index (χ3n) is 4.25. The predicted molar refractivity (Wildman–Crippen MR) is 83.2 cm³/mol. The van der Waals surface area contributed by atoms with E-state index in [9.17, 15) is 4.79 Å². The average Bonchev–Trinajstić information content (AvgIpc) is 3.14. The maximum Gasteiger partial charge on any atom is 0.306 e. The molecule has 7 heteroatoms. The molecule has 0 aromatic carbocycles. The van der Waals surface area contributed by atoms with Gasteiger partial charge in [0, 0.05) is 12.3 Å². The van der Waals surface area contributed by atoms with Gasteiger partial charge in [-0.1, -0.05) is 5.16 Å². The molecule has 0 bridgehead atoms. The van der Waals surface area contributed by atoms with E-state index in [-0.39, 0.29) is 18.5 Å². The topological polar surface area (TPSA) is 78.1 Å². The van der Waals surface area contributed by atoms with Gasteiger partial charge in [0.15, 0.2) is 5.82 Å². The minimum atomic E-state index is -0.208. The second-order valence-electron chi connectivity index (χ2n) is 6.24. The van der Waals surface area contributed by atoms with Crippen LogP contribution in [0.3, 0.4) is 0 Å². The van der Waals surface area contributed by atoms with E-state index in [2.05, 4.69) is 15.1 Å². The Morgan fingerprint density at radius 2 is 2.22 bits per heavy atom. The van der Waals surface area contributed by atoms with Crippen molar-refractivity contribution < 1.29 is 14.1 Å². The van der Waals surface area contributed by atoms with Crippen molar-refractivity contribution in [3.8, 4) is 0 Å². The lowest BCUT2D eigenvalue weighted by molar-refractivity contribution is -0.150. The van der Waals surface area contributed by atoms with Crippen LogP contribution < -0.4 is 0 Å². The van der Waals surface area contributed by atoms with Crippen molar-refractivity contribution in [2.24, 2.45) is 0 Å². The quantitative estimate of drug-likeness (QED) is 0.782. The van der Waals surface area contributed by atoms with Crippen LogP contribution >= 0.6 is 11.3 Å². The van der Waals surface area contributed by atoms with Gasteiger partial charge in [0.25, 0.3) is 0 Å². The molecule has 2 aromatic rings. The summed E-state index contributed by atoms with van der Waals surface area (Å²) in [5.41, 5.74) is 1.10. The molecule has 0 spiro atoms. The van der Waals surface area contributed by atoms with Crippen molar-refractivity contribution in [1.82, 2.24) is 15.1 Å². The van der Waals surface area contributed by atoms with E-state index in [1.165, 1.54) is 0 Å². The van der Waals surface area contributed by atoms with E-state index in [1.54, 1.807) is 11.3 Å². The van der Waals surface area contributed by atoms with Crippen LogP contribution in [0, 0.1) is 6.92 Å². The van der Waals surface area contributed by atoms with Gasteiger partial charge in [0.1, 0.15) is 6.10 Å². The highest BCUT2D eigenvalue weighted by Gasteiger charge is 2.29. The lowest BCUT2D eigenvalue weighted by Crippen LogP contribution is -2.16. The second-order valence-corrected chi connectivity index (χ2v) is 7.47. The molecule has 0 unspecified atom stereocenters. The van der Waals surface area contributed by atoms with E-state index in [4.69, 9.17) is 9.26 Å². The van der Waals surface area contributed by atoms with Crippen LogP contribution in [-0.4, -0.2) is 21.1 Å². The fraction of sp³-hybridized carbons (Fsp3) is 0.625. The Bertz CT molecular complexity index is 720. The Balaban J connectivity index is 1.33. The number of hydrogen-bond acceptors (Lipinski definition) is 7. The Kier molecular flexibility index (Phi) is 3.88. The molecule has 0 saturated heterocycles. The van der Waals surface area contributed by atoms with Gasteiger partial charge in [-0.15, -0.1) is 11.3 Å². The fourth-order valence-corrected chi connectivity index (χ4v) is 3.96. The Hall–Kier alpha value is -1.76. The van der Waals surface area contributed by atoms with Gasteiger partial charge in [0.2, 0.25) is 5.89 Å². The Morgan fingerprint density at radius 1 is 1.35 bits per heavy atom. The molecule has 1 saturated carbocycles. The van der Waals surface area contributed by atoms with Crippen LogP contribution in [0.15, 0.2) is 4.52 Å². The third kappa shape index (κ3) is 3.29. The molecule has 0 aliphatic heterocycles. The molecule has 2 aromatic heterocycles. The highest BCUT2D eigenvalue weighted by molar-refractivity contribution is 7.11. The number of nitrogens with zero attached hydrogens (tertiary/aromatic N) is 3. The number of hydrogen-bond donors (Lipinski definition) is 0. The zero-order valence-corrected chi connectivity index (χ0v) is 13.9. The Labute approximate surface area is 138 Å². The number of ether oxygens (including phenoxy) is 1. The first-order valence-electron chi connectivity index (χ1n) is 8.17. The molecular weight excluding hydrogens is 314 g/mol. The molecule has 6 nitrogen and oxygen atoms in total. The first-order chi connectivity index (χ1) is 11.2. The van der Waals surface area contributed by atoms with Gasteiger partial charge < -0.3 is 9.26 Å². The lowest BCUT2D eigenvalue weighted by atomic mass is 10.0. The molecule has 2 aliphatic carbocycles. The van der Waals surface area contributed by atoms with Crippen LogP contribution in [0.4, 0.5) is 0 Å². The molecule has 0 amide bonds. The van der Waals surface area contributed by atoms with E-state index in [0.29, 0.717) is 18.2 Å². The molecule has 2 aliphatic rings. The Morgan fingerprint density at radius 3 is 3.04 bits per heavy atom. The fourth-order valence-electron chi connectivity index (χ4n) is 2.92. The maximum absolute atomic E-state index is 12.1. The van der Waals surface area contributed by atoms with Gasteiger partial charge in [0.05, 0.1) is 22.0 Å². The summed E-state index contributed by atoms with van der Waals surface area (Å²) in [6.45, 7) is 1.99. The second kappa shape index (κ2) is 6.03. The maximum atomic E-state index is 12.1. The summed E-state index contributed by atoms with van der Waals surface area (Å²) in [7, 11) is 0. The zero-order valence-electron chi connectivity index (χ0n) is 13.1. The van der Waals surface area contributed by atoms with Crippen molar-refractivity contribution >= 4 is 17.3 Å². The normalized spacial score (nSPS) is 20.3. The largest absolute Gasteiger partial charge is 0.457 e. The molecule has 0 N–H and O–H groups in total. The summed E-state index contributed by atoms with van der Waals surface area (Å²) in [5.74, 6) is 1.57. The number of carbonyl (C=O) groups is 1. The van der Waals surface area contributed by atoms with E-state index in [0.717, 1.165) is 53.5 Å². The smallest absolute Gasteiger partial charge is 0.306 e. The molecule has 4 rings (SSSR count). The monoisotopic (exact) mass is 333 g/mol. The summed E-state index contributed by atoms with van der Waals surface area (Å²) in [6, 6.07) is 0. The summed E-state index contributed by atoms with van der Waals surface area (Å²) >= 11 is 1.64. The van der Waals surface area contributed by atoms with Crippen LogP contribution in [0.25, 0.3) is 0 Å². The first-order valence-corrected chi connectivity index (χ1v) is 8.99. The van der Waals surface area contributed by atoms with Crippen molar-refractivity contribution in [2.75, 3.05) is 0 Å². The van der Waals surface area contributed by atoms with E-state index >= 15 is 0 Å². The molecule has 23 heavy (non-hydrogen) atoms. The van der Waals surface area contributed by atoms with Crippen LogP contribution in [-0.2, 0) is 22.4 Å². The molecule has 0 radical (unpaired) electrons. The number of fused-ring (bicyclic) bond motifs is 1. The van der Waals surface area contributed by atoms with Gasteiger partial charge in [-0.25, -0.2) is 4.98 Å². The van der Waals surface area contributed by atoms with Crippen LogP contribution in [0.2, 0.25) is 0 Å². The van der Waals surface area contributed by atoms with E-state index in [1.807, 2.05) is 6.92 Å². The molecule has 1 atom stereocenters. The average molecular weight is 333 g/mol. The summed E-state index contributed by atoms with van der Waals surface area (Å²) in [4.78, 5) is 22.1. The SMILES string of the molecule is Cc1nc2c(s1)[C@@H](OC(=O)CCc1nc(C3CC3)no1)CCC2. The standard InChI is InChI=1S/C16H19N3O3S/c1-9-17-11-3-2-4-12(15(11)23-9)21-14(20)8-7-13-18-16(19-22-13)10-5-6-10/h10,12H,2-8H2,1H3/t12-/m0/s1. The van der Waals surface area contributed by atoms with Crippen molar-refractivity contribution in [1.29, 1.82) is 0 Å². The van der Waals surface area contributed by atoms with Gasteiger partial charge >= 0.3 is 5.97 Å². The van der Waals surface area contributed by atoms with Crippen molar-refractivity contribution in [2.45, 2.75) is 63.9 Å². The number of aryl methyl sites for hydroxylation is 3. The highest BCUT2D eigenvalue weighted by Crippen LogP contribution is 2.38. The number of rotatable bonds is 5. The number of carbonyl (C=O) groups excluding carboxylic acids is 1. The van der Waals surface area contributed by atoms with Crippen molar-refractivity contribution in [3.63, 3.8) is 0 Å². The number of thiazole rings is 1.